The summed E-state index contributed by atoms with van der Waals surface area (Å²) >= 11 is 0. The molecule has 4 rings (SSSR count). The molecule has 0 saturated carbocycles. The number of methoxy groups -OCH3 is 1. The minimum Gasteiger partial charge on any atom is -0.466 e. The van der Waals surface area contributed by atoms with Crippen LogP contribution in [0.15, 0.2) is 59.8 Å². The van der Waals surface area contributed by atoms with Crippen LogP contribution in [0.2, 0.25) is 0 Å². The van der Waals surface area contributed by atoms with Crippen LogP contribution in [0.4, 0.5) is 10.3 Å². The maximum Gasteiger partial charge on any atom is 0.338 e. The summed E-state index contributed by atoms with van der Waals surface area (Å²) in [6.45, 7) is 1.96. The Labute approximate surface area is 150 Å². The summed E-state index contributed by atoms with van der Waals surface area (Å²) in [7, 11) is 1.37. The molecule has 1 atom stereocenters. The molecule has 1 N–H and O–H groups in total. The van der Waals surface area contributed by atoms with Gasteiger partial charge in [0.15, 0.2) is 0 Å². The SMILES string of the molecule is CCC1=C(C(=O)OC)[C@@H](c2ccc(F)cc2)n2c(nc3ccccc32)N1. The number of imidazole rings is 1. The van der Waals surface area contributed by atoms with Gasteiger partial charge in [0.1, 0.15) is 5.82 Å². The number of rotatable bonds is 3. The van der Waals surface area contributed by atoms with Crippen LogP contribution in [-0.2, 0) is 9.53 Å². The van der Waals surface area contributed by atoms with Gasteiger partial charge in [-0.1, -0.05) is 31.2 Å². The Balaban J connectivity index is 2.02. The van der Waals surface area contributed by atoms with Gasteiger partial charge in [-0.05, 0) is 36.2 Å². The number of aromatic nitrogens is 2. The van der Waals surface area contributed by atoms with Crippen LogP contribution >= 0.6 is 0 Å². The van der Waals surface area contributed by atoms with Crippen molar-refractivity contribution in [3.63, 3.8) is 0 Å². The van der Waals surface area contributed by atoms with Crippen molar-refractivity contribution in [2.45, 2.75) is 19.4 Å². The Kier molecular flexibility index (Phi) is 3.95. The van der Waals surface area contributed by atoms with Crippen molar-refractivity contribution in [3.05, 3.63) is 71.2 Å². The van der Waals surface area contributed by atoms with Crippen LogP contribution in [0, 0.1) is 5.82 Å². The minimum absolute atomic E-state index is 0.322. The third kappa shape index (κ3) is 2.45. The Morgan fingerprint density at radius 3 is 2.65 bits per heavy atom. The van der Waals surface area contributed by atoms with Gasteiger partial charge in [-0.3, -0.25) is 4.57 Å². The number of anilines is 1. The predicted molar refractivity (Wildman–Crippen MR) is 97.2 cm³/mol. The van der Waals surface area contributed by atoms with E-state index in [0.29, 0.717) is 17.9 Å². The van der Waals surface area contributed by atoms with E-state index in [1.807, 2.05) is 35.8 Å². The fourth-order valence-electron chi connectivity index (χ4n) is 3.47. The van der Waals surface area contributed by atoms with E-state index >= 15 is 0 Å². The molecule has 132 valence electrons. The lowest BCUT2D eigenvalue weighted by Gasteiger charge is -2.30. The van der Waals surface area contributed by atoms with E-state index in [0.717, 1.165) is 22.3 Å². The first kappa shape index (κ1) is 16.3. The van der Waals surface area contributed by atoms with Crippen LogP contribution in [0.5, 0.6) is 0 Å². The summed E-state index contributed by atoms with van der Waals surface area (Å²) in [6.07, 6.45) is 0.616. The third-order valence-electron chi connectivity index (χ3n) is 4.66. The Morgan fingerprint density at radius 2 is 1.96 bits per heavy atom. The molecule has 3 aromatic rings. The summed E-state index contributed by atoms with van der Waals surface area (Å²) in [5, 5.41) is 3.27. The number of nitrogens with one attached hydrogen (secondary N) is 1. The summed E-state index contributed by atoms with van der Waals surface area (Å²) < 4.78 is 20.5. The van der Waals surface area contributed by atoms with Crippen molar-refractivity contribution in [1.29, 1.82) is 0 Å². The van der Waals surface area contributed by atoms with Gasteiger partial charge >= 0.3 is 5.97 Å². The molecule has 0 bridgehead atoms. The quantitative estimate of drug-likeness (QED) is 0.724. The molecule has 26 heavy (non-hydrogen) atoms. The topological polar surface area (TPSA) is 56.2 Å². The highest BCUT2D eigenvalue weighted by molar-refractivity contribution is 5.94. The van der Waals surface area contributed by atoms with Gasteiger partial charge in [-0.2, -0.15) is 0 Å². The summed E-state index contributed by atoms with van der Waals surface area (Å²) in [5.74, 6) is -0.0742. The van der Waals surface area contributed by atoms with E-state index in [1.165, 1.54) is 19.2 Å². The number of carbonyl (C=O) groups is 1. The normalized spacial score (nSPS) is 16.3. The fraction of sp³-hybridized carbons (Fsp3) is 0.200. The first-order valence-corrected chi connectivity index (χ1v) is 8.44. The fourth-order valence-corrected chi connectivity index (χ4v) is 3.47. The molecule has 2 heterocycles. The molecule has 2 aromatic carbocycles. The van der Waals surface area contributed by atoms with Crippen molar-refractivity contribution < 1.29 is 13.9 Å². The van der Waals surface area contributed by atoms with Gasteiger partial charge < -0.3 is 10.1 Å². The number of ether oxygens (including phenoxy) is 1. The molecule has 5 nitrogen and oxygen atoms in total. The highest BCUT2D eigenvalue weighted by Gasteiger charge is 2.35. The zero-order valence-electron chi connectivity index (χ0n) is 14.5. The zero-order chi connectivity index (χ0) is 18.3. The second-order valence-corrected chi connectivity index (χ2v) is 6.11. The van der Waals surface area contributed by atoms with E-state index in [9.17, 15) is 9.18 Å². The number of halogens is 1. The number of hydrogen-bond acceptors (Lipinski definition) is 4. The highest BCUT2D eigenvalue weighted by Crippen LogP contribution is 2.40. The molecule has 1 aliphatic rings. The van der Waals surface area contributed by atoms with Crippen molar-refractivity contribution in [2.24, 2.45) is 0 Å². The average molecular weight is 351 g/mol. The molecular formula is C20H18FN3O2. The number of para-hydroxylation sites is 2. The molecule has 1 aliphatic heterocycles. The maximum atomic E-state index is 13.5. The molecule has 6 heteroatoms. The smallest absolute Gasteiger partial charge is 0.338 e. The number of allylic oxidation sites excluding steroid dienone is 1. The van der Waals surface area contributed by atoms with Crippen LogP contribution in [0.3, 0.4) is 0 Å². The van der Waals surface area contributed by atoms with E-state index in [-0.39, 0.29) is 5.82 Å². The van der Waals surface area contributed by atoms with Gasteiger partial charge in [0.25, 0.3) is 0 Å². The zero-order valence-corrected chi connectivity index (χ0v) is 14.5. The number of benzene rings is 2. The molecule has 0 unspecified atom stereocenters. The van der Waals surface area contributed by atoms with Crippen LogP contribution in [0.1, 0.15) is 24.9 Å². The lowest BCUT2D eigenvalue weighted by atomic mass is 9.94. The predicted octanol–water partition coefficient (Wildman–Crippen LogP) is 4.03. The molecule has 0 radical (unpaired) electrons. The second kappa shape index (κ2) is 6.29. The number of carbonyl (C=O) groups excluding carboxylic acids is 1. The Hall–Kier alpha value is -3.15. The lowest BCUT2D eigenvalue weighted by molar-refractivity contribution is -0.136. The van der Waals surface area contributed by atoms with Crippen molar-refractivity contribution in [2.75, 3.05) is 12.4 Å². The standard InChI is InChI=1S/C20H18FN3O2/c1-3-14-17(19(25)26-2)18(12-8-10-13(21)11-9-12)24-16-7-5-4-6-15(16)23-20(24)22-14/h4-11,18H,3H2,1-2H3,(H,22,23)/t18-/m1/s1. The number of hydrogen-bond donors (Lipinski definition) is 1. The highest BCUT2D eigenvalue weighted by atomic mass is 19.1. The van der Waals surface area contributed by atoms with Crippen LogP contribution in [-0.4, -0.2) is 22.6 Å². The van der Waals surface area contributed by atoms with Crippen LogP contribution < -0.4 is 5.32 Å². The van der Waals surface area contributed by atoms with Crippen molar-refractivity contribution in [3.8, 4) is 0 Å². The summed E-state index contributed by atoms with van der Waals surface area (Å²) in [5.41, 5.74) is 3.78. The lowest BCUT2D eigenvalue weighted by Crippen LogP contribution is -2.29. The molecule has 0 saturated heterocycles. The Morgan fingerprint density at radius 1 is 1.23 bits per heavy atom. The van der Waals surface area contributed by atoms with Gasteiger partial charge in [0.2, 0.25) is 5.95 Å². The minimum atomic E-state index is -0.443. The van der Waals surface area contributed by atoms with E-state index < -0.39 is 12.0 Å². The van der Waals surface area contributed by atoms with Crippen LogP contribution in [0.25, 0.3) is 11.0 Å². The summed E-state index contributed by atoms with van der Waals surface area (Å²) in [4.78, 5) is 17.3. The number of esters is 1. The molecule has 0 fully saturated rings. The van der Waals surface area contributed by atoms with Gasteiger partial charge in [-0.15, -0.1) is 0 Å². The first-order valence-electron chi connectivity index (χ1n) is 8.44. The maximum absolute atomic E-state index is 13.5. The monoisotopic (exact) mass is 351 g/mol. The molecular weight excluding hydrogens is 333 g/mol. The molecule has 0 spiro atoms. The average Bonchev–Trinajstić information content (AvgIpc) is 3.04. The summed E-state index contributed by atoms with van der Waals surface area (Å²) in [6, 6.07) is 13.5. The number of nitrogens with zero attached hydrogens (tertiary/aromatic N) is 2. The van der Waals surface area contributed by atoms with E-state index in [1.54, 1.807) is 12.1 Å². The molecule has 0 amide bonds. The van der Waals surface area contributed by atoms with E-state index in [4.69, 9.17) is 4.74 Å². The number of fused-ring (bicyclic) bond motifs is 3. The van der Waals surface area contributed by atoms with Crippen molar-refractivity contribution in [1.82, 2.24) is 9.55 Å². The van der Waals surface area contributed by atoms with E-state index in [2.05, 4.69) is 10.3 Å². The largest absolute Gasteiger partial charge is 0.466 e. The molecule has 1 aromatic heterocycles. The first-order chi connectivity index (χ1) is 12.6. The van der Waals surface area contributed by atoms with Gasteiger partial charge in [0, 0.05) is 5.70 Å². The Bertz CT molecular complexity index is 1020. The van der Waals surface area contributed by atoms with Gasteiger partial charge in [0.05, 0.1) is 29.8 Å². The molecule has 0 aliphatic carbocycles. The third-order valence-corrected chi connectivity index (χ3v) is 4.66. The van der Waals surface area contributed by atoms with Gasteiger partial charge in [-0.25, -0.2) is 14.2 Å². The second-order valence-electron chi connectivity index (χ2n) is 6.11. The van der Waals surface area contributed by atoms with Crippen molar-refractivity contribution >= 4 is 23.0 Å².